The number of carbonyl (C=O) groups is 2. The summed E-state index contributed by atoms with van der Waals surface area (Å²) >= 11 is 0. The third-order valence-corrected chi connectivity index (χ3v) is 4.15. The van der Waals surface area contributed by atoms with Gasteiger partial charge in [0, 0.05) is 11.9 Å². The number of nitrogens with zero attached hydrogens (tertiary/aromatic N) is 4. The quantitative estimate of drug-likeness (QED) is 0.631. The summed E-state index contributed by atoms with van der Waals surface area (Å²) in [5.74, 6) is -0.535. The lowest BCUT2D eigenvalue weighted by Gasteiger charge is -2.18. The van der Waals surface area contributed by atoms with Gasteiger partial charge in [0.15, 0.2) is 0 Å². The minimum absolute atomic E-state index is 0.0357. The Hall–Kier alpha value is -3.29. The molecule has 146 valence electrons. The monoisotopic (exact) mass is 381 g/mol. The van der Waals surface area contributed by atoms with Gasteiger partial charge in [-0.05, 0) is 30.9 Å². The second-order valence-corrected chi connectivity index (χ2v) is 6.98. The lowest BCUT2D eigenvalue weighted by molar-refractivity contribution is -0.147. The van der Waals surface area contributed by atoms with Crippen LogP contribution in [0.2, 0.25) is 0 Å². The fourth-order valence-electron chi connectivity index (χ4n) is 2.74. The van der Waals surface area contributed by atoms with Gasteiger partial charge in [-0.1, -0.05) is 44.2 Å². The zero-order valence-corrected chi connectivity index (χ0v) is 16.1. The van der Waals surface area contributed by atoms with Crippen molar-refractivity contribution in [2.24, 2.45) is 5.92 Å². The summed E-state index contributed by atoms with van der Waals surface area (Å²) in [5.41, 5.74) is 1.69. The first-order valence-electron chi connectivity index (χ1n) is 9.14. The van der Waals surface area contributed by atoms with Crippen LogP contribution in [0.15, 0.2) is 42.6 Å². The maximum absolute atomic E-state index is 12.6. The van der Waals surface area contributed by atoms with E-state index in [-0.39, 0.29) is 18.3 Å². The van der Waals surface area contributed by atoms with E-state index in [1.807, 2.05) is 51.1 Å². The van der Waals surface area contributed by atoms with Crippen LogP contribution in [0.25, 0.3) is 5.78 Å². The highest BCUT2D eigenvalue weighted by Crippen LogP contribution is 2.10. The van der Waals surface area contributed by atoms with E-state index in [2.05, 4.69) is 20.4 Å². The van der Waals surface area contributed by atoms with Crippen LogP contribution in [0.4, 0.5) is 0 Å². The number of benzene rings is 1. The summed E-state index contributed by atoms with van der Waals surface area (Å²) in [7, 11) is 0. The zero-order valence-electron chi connectivity index (χ0n) is 16.1. The standard InChI is InChI=1S/C20H23N5O3/c1-13(2)11-16(19(27)28-12-15-7-5-4-6-8-15)22-18(26)17-23-20-21-10-9-14(3)25(20)24-17/h4-10,13,16H,11-12H2,1-3H3,(H,22,26)/t16-/m0/s1. The molecule has 0 unspecified atom stereocenters. The number of nitrogens with one attached hydrogen (secondary N) is 1. The van der Waals surface area contributed by atoms with Gasteiger partial charge in [0.25, 0.3) is 11.7 Å². The fraction of sp³-hybridized carbons (Fsp3) is 0.350. The van der Waals surface area contributed by atoms with E-state index < -0.39 is 17.9 Å². The third-order valence-electron chi connectivity index (χ3n) is 4.15. The van der Waals surface area contributed by atoms with Crippen LogP contribution >= 0.6 is 0 Å². The molecule has 1 aromatic carbocycles. The molecule has 1 atom stereocenters. The second kappa shape index (κ2) is 8.60. The molecule has 0 spiro atoms. The number of amides is 1. The predicted molar refractivity (Wildman–Crippen MR) is 102 cm³/mol. The molecule has 0 aliphatic carbocycles. The predicted octanol–water partition coefficient (Wildman–Crippen LogP) is 2.32. The molecule has 2 heterocycles. The number of carbonyl (C=O) groups excluding carboxylic acids is 2. The highest BCUT2D eigenvalue weighted by atomic mass is 16.5. The van der Waals surface area contributed by atoms with Crippen LogP contribution in [0.5, 0.6) is 0 Å². The number of aryl methyl sites for hydroxylation is 1. The van der Waals surface area contributed by atoms with Crippen LogP contribution in [0.1, 0.15) is 42.1 Å². The van der Waals surface area contributed by atoms with Crippen molar-refractivity contribution in [3.63, 3.8) is 0 Å². The Kier molecular flexibility index (Phi) is 5.98. The van der Waals surface area contributed by atoms with E-state index in [1.54, 1.807) is 12.3 Å². The van der Waals surface area contributed by atoms with Gasteiger partial charge in [0.05, 0.1) is 0 Å². The van der Waals surface area contributed by atoms with Crippen molar-refractivity contribution >= 4 is 17.7 Å². The highest BCUT2D eigenvalue weighted by Gasteiger charge is 2.26. The first kappa shape index (κ1) is 19.5. The average molecular weight is 381 g/mol. The summed E-state index contributed by atoms with van der Waals surface area (Å²) in [5, 5.41) is 6.88. The first-order chi connectivity index (χ1) is 13.4. The minimum atomic E-state index is -0.781. The molecule has 8 nitrogen and oxygen atoms in total. The number of fused-ring (bicyclic) bond motifs is 1. The number of rotatable bonds is 7. The van der Waals surface area contributed by atoms with Crippen molar-refractivity contribution in [3.8, 4) is 0 Å². The van der Waals surface area contributed by atoms with E-state index in [0.29, 0.717) is 12.2 Å². The highest BCUT2D eigenvalue weighted by molar-refractivity contribution is 5.94. The lowest BCUT2D eigenvalue weighted by atomic mass is 10.0. The summed E-state index contributed by atoms with van der Waals surface area (Å²) in [6.07, 6.45) is 2.05. The van der Waals surface area contributed by atoms with Gasteiger partial charge < -0.3 is 10.1 Å². The molecule has 0 saturated carbocycles. The fourth-order valence-corrected chi connectivity index (χ4v) is 2.74. The van der Waals surface area contributed by atoms with Crippen molar-refractivity contribution in [3.05, 3.63) is 59.7 Å². The molecule has 0 bridgehead atoms. The van der Waals surface area contributed by atoms with Crippen molar-refractivity contribution in [1.29, 1.82) is 0 Å². The average Bonchev–Trinajstić information content (AvgIpc) is 3.12. The smallest absolute Gasteiger partial charge is 0.328 e. The van der Waals surface area contributed by atoms with E-state index >= 15 is 0 Å². The lowest BCUT2D eigenvalue weighted by Crippen LogP contribution is -2.43. The SMILES string of the molecule is Cc1ccnc2nc(C(=O)N[C@@H](CC(C)C)C(=O)OCc3ccccc3)nn12. The zero-order chi connectivity index (χ0) is 20.1. The molecule has 0 aliphatic rings. The van der Waals surface area contributed by atoms with Crippen molar-refractivity contribution in [2.75, 3.05) is 0 Å². The molecule has 28 heavy (non-hydrogen) atoms. The molecule has 0 radical (unpaired) electrons. The number of hydrogen-bond acceptors (Lipinski definition) is 6. The van der Waals surface area contributed by atoms with Gasteiger partial charge in [0.1, 0.15) is 12.6 Å². The van der Waals surface area contributed by atoms with Gasteiger partial charge in [-0.25, -0.2) is 14.3 Å². The third kappa shape index (κ3) is 4.70. The van der Waals surface area contributed by atoms with Crippen LogP contribution in [0.3, 0.4) is 0 Å². The Morgan fingerprint density at radius 3 is 2.61 bits per heavy atom. The normalized spacial score (nSPS) is 12.1. The molecule has 3 aromatic rings. The maximum Gasteiger partial charge on any atom is 0.328 e. The van der Waals surface area contributed by atoms with Crippen LogP contribution in [0, 0.1) is 12.8 Å². The van der Waals surface area contributed by atoms with Crippen LogP contribution in [-0.2, 0) is 16.1 Å². The number of esters is 1. The topological polar surface area (TPSA) is 98.5 Å². The Bertz CT molecular complexity index is 968. The van der Waals surface area contributed by atoms with Crippen LogP contribution < -0.4 is 5.32 Å². The van der Waals surface area contributed by atoms with Crippen LogP contribution in [-0.4, -0.2) is 37.5 Å². The van der Waals surface area contributed by atoms with Crippen molar-refractivity contribution in [2.45, 2.75) is 39.8 Å². The van der Waals surface area contributed by atoms with Crippen molar-refractivity contribution < 1.29 is 14.3 Å². The molecule has 2 aromatic heterocycles. The van der Waals surface area contributed by atoms with Gasteiger partial charge in [-0.15, -0.1) is 5.10 Å². The van der Waals surface area contributed by atoms with E-state index in [0.717, 1.165) is 11.3 Å². The van der Waals surface area contributed by atoms with E-state index in [1.165, 1.54) is 4.52 Å². The maximum atomic E-state index is 12.6. The summed E-state index contributed by atoms with van der Waals surface area (Å²) in [6.45, 7) is 5.94. The second-order valence-electron chi connectivity index (χ2n) is 6.98. The molecule has 1 amide bonds. The van der Waals surface area contributed by atoms with Gasteiger partial charge in [-0.2, -0.15) is 4.98 Å². The molecular weight excluding hydrogens is 358 g/mol. The molecular formula is C20H23N5O3. The minimum Gasteiger partial charge on any atom is -0.459 e. The molecule has 0 aliphatic heterocycles. The van der Waals surface area contributed by atoms with Crippen molar-refractivity contribution in [1.82, 2.24) is 24.9 Å². The summed E-state index contributed by atoms with van der Waals surface area (Å²) < 4.78 is 6.88. The molecule has 0 saturated heterocycles. The Labute approximate surface area is 163 Å². The van der Waals surface area contributed by atoms with Gasteiger partial charge in [-0.3, -0.25) is 4.79 Å². The van der Waals surface area contributed by atoms with Gasteiger partial charge >= 0.3 is 5.97 Å². The first-order valence-corrected chi connectivity index (χ1v) is 9.14. The van der Waals surface area contributed by atoms with E-state index in [9.17, 15) is 9.59 Å². The Morgan fingerprint density at radius 1 is 1.18 bits per heavy atom. The number of ether oxygens (including phenoxy) is 1. The number of hydrogen-bond donors (Lipinski definition) is 1. The van der Waals surface area contributed by atoms with E-state index in [4.69, 9.17) is 4.74 Å². The Balaban J connectivity index is 1.70. The molecule has 3 rings (SSSR count). The van der Waals surface area contributed by atoms with Gasteiger partial charge in [0.2, 0.25) is 5.82 Å². The number of aromatic nitrogens is 4. The molecule has 8 heteroatoms. The summed E-state index contributed by atoms with van der Waals surface area (Å²) in [4.78, 5) is 33.4. The Morgan fingerprint density at radius 2 is 1.93 bits per heavy atom. The molecule has 0 fully saturated rings. The summed E-state index contributed by atoms with van der Waals surface area (Å²) in [6, 6.07) is 10.4. The molecule has 1 N–H and O–H groups in total. The largest absolute Gasteiger partial charge is 0.459 e.